The molecule has 5 nitrogen and oxygen atoms in total. The van der Waals surface area contributed by atoms with Crippen molar-refractivity contribution in [2.45, 2.75) is 43.7 Å². The Bertz CT molecular complexity index is 978. The topological polar surface area (TPSA) is 68.3 Å². The average molecular weight is 481 g/mol. The second-order valence-electron chi connectivity index (χ2n) is 7.73. The van der Waals surface area contributed by atoms with E-state index in [1.165, 1.54) is 18.3 Å². The molecule has 2 atom stereocenters. The molecule has 0 unspecified atom stereocenters. The van der Waals surface area contributed by atoms with Crippen LogP contribution in [0.5, 0.6) is 0 Å². The summed E-state index contributed by atoms with van der Waals surface area (Å²) in [5.41, 5.74) is -3.46. The first kappa shape index (κ1) is 25.2. The molecule has 1 N–H and O–H groups in total. The molecule has 0 saturated carbocycles. The van der Waals surface area contributed by atoms with Gasteiger partial charge in [0.05, 0.1) is 45.5 Å². The molecule has 0 bridgehead atoms. The molecule has 0 aliphatic rings. The van der Waals surface area contributed by atoms with Gasteiger partial charge in [-0.05, 0) is 56.7 Å². The first-order chi connectivity index (χ1) is 14.2. The first-order valence-electron chi connectivity index (χ1n) is 8.96. The van der Waals surface area contributed by atoms with Crippen molar-refractivity contribution >= 4 is 28.6 Å². The van der Waals surface area contributed by atoms with Crippen molar-refractivity contribution in [2.75, 3.05) is 7.11 Å². The molecule has 1 aromatic heterocycles. The van der Waals surface area contributed by atoms with Crippen LogP contribution in [-0.4, -0.2) is 27.0 Å². The van der Waals surface area contributed by atoms with Gasteiger partial charge in [0.15, 0.2) is 0 Å². The van der Waals surface area contributed by atoms with E-state index in [-0.39, 0.29) is 16.3 Å². The van der Waals surface area contributed by atoms with Gasteiger partial charge in [-0.25, -0.2) is 13.3 Å². The summed E-state index contributed by atoms with van der Waals surface area (Å²) >= 11 is 5.89. The number of methoxy groups -OCH3 is 1. The Balaban J connectivity index is 2.87. The average Bonchev–Trinajstić information content (AvgIpc) is 2.65. The number of pyridine rings is 1. The number of ether oxygens (including phenoxy) is 1. The summed E-state index contributed by atoms with van der Waals surface area (Å²) in [5, 5.41) is 0.225. The van der Waals surface area contributed by atoms with Crippen LogP contribution in [0, 0.1) is 5.82 Å². The van der Waals surface area contributed by atoms with Gasteiger partial charge in [0.1, 0.15) is 11.4 Å². The van der Waals surface area contributed by atoms with E-state index < -0.39 is 51.2 Å². The quantitative estimate of drug-likeness (QED) is 0.478. The third-order valence-electron chi connectivity index (χ3n) is 4.34. The molecule has 31 heavy (non-hydrogen) atoms. The smallest absolute Gasteiger partial charge is 0.416 e. The highest BCUT2D eigenvalue weighted by molar-refractivity contribution is 7.84. The van der Waals surface area contributed by atoms with Crippen LogP contribution < -0.4 is 4.72 Å². The minimum absolute atomic E-state index is 0.0126. The van der Waals surface area contributed by atoms with Crippen molar-refractivity contribution in [3.05, 3.63) is 64.2 Å². The van der Waals surface area contributed by atoms with Crippen LogP contribution in [-0.2, 0) is 32.2 Å². The lowest BCUT2D eigenvalue weighted by Crippen LogP contribution is -2.50. The van der Waals surface area contributed by atoms with Gasteiger partial charge in [0.25, 0.3) is 0 Å². The van der Waals surface area contributed by atoms with E-state index in [1.807, 2.05) is 0 Å². The molecule has 2 rings (SSSR count). The number of alkyl halides is 3. The predicted molar refractivity (Wildman–Crippen MR) is 109 cm³/mol. The van der Waals surface area contributed by atoms with Gasteiger partial charge in [-0.1, -0.05) is 11.6 Å². The largest absolute Gasteiger partial charge is 0.469 e. The van der Waals surface area contributed by atoms with Gasteiger partial charge >= 0.3 is 12.1 Å². The van der Waals surface area contributed by atoms with Crippen molar-refractivity contribution in [1.29, 1.82) is 0 Å². The minimum Gasteiger partial charge on any atom is -0.469 e. The van der Waals surface area contributed by atoms with E-state index in [0.29, 0.717) is 12.1 Å². The number of carbonyl (C=O) groups excluding carboxylic acids is 1. The molecule has 11 heteroatoms. The van der Waals surface area contributed by atoms with E-state index in [0.717, 1.165) is 13.2 Å². The van der Waals surface area contributed by atoms with E-state index >= 15 is 0 Å². The van der Waals surface area contributed by atoms with E-state index in [4.69, 9.17) is 16.3 Å². The number of hydrogen-bond acceptors (Lipinski definition) is 4. The summed E-state index contributed by atoms with van der Waals surface area (Å²) in [5.74, 6) is -2.02. The summed E-state index contributed by atoms with van der Waals surface area (Å²) in [6.07, 6.45) is -4.25. The van der Waals surface area contributed by atoms with Crippen LogP contribution in [0.25, 0.3) is 0 Å². The maximum atomic E-state index is 14.3. The zero-order valence-corrected chi connectivity index (χ0v) is 18.7. The van der Waals surface area contributed by atoms with Gasteiger partial charge in [0.2, 0.25) is 0 Å². The Morgan fingerprint density at radius 1 is 1.16 bits per heavy atom. The van der Waals surface area contributed by atoms with Crippen LogP contribution >= 0.6 is 11.6 Å². The SMILES string of the molecule is COC(=O)C[C@](N[S@](=O)C(C)(C)C)(c1cc(F)cc(C(F)(F)F)c1)c1ccc(Cl)cn1. The standard InChI is InChI=1S/C20H21ClF4N2O3S/c1-18(2,3)31(29)27-19(10-17(28)30-4,16-6-5-14(21)11-26-16)12-7-13(20(23,24)25)9-15(22)8-12/h5-9,11,27H,10H2,1-4H3/t19-,31+/m0/s1. The van der Waals surface area contributed by atoms with Crippen molar-refractivity contribution in [3.63, 3.8) is 0 Å². The molecule has 0 aliphatic carbocycles. The van der Waals surface area contributed by atoms with Crippen LogP contribution in [0.4, 0.5) is 17.6 Å². The second kappa shape index (κ2) is 9.22. The van der Waals surface area contributed by atoms with E-state index in [1.54, 1.807) is 20.8 Å². The highest BCUT2D eigenvalue weighted by atomic mass is 35.5. The third kappa shape index (κ3) is 6.02. The molecule has 0 spiro atoms. The number of benzene rings is 1. The molecule has 170 valence electrons. The van der Waals surface area contributed by atoms with Gasteiger partial charge in [-0.3, -0.25) is 9.78 Å². The second-order valence-corrected chi connectivity index (χ2v) is 10.1. The molecular formula is C20H21ClF4N2O3S. The Morgan fingerprint density at radius 3 is 2.26 bits per heavy atom. The number of rotatable bonds is 6. The molecule has 1 aromatic carbocycles. The van der Waals surface area contributed by atoms with Gasteiger partial charge in [0, 0.05) is 6.20 Å². The summed E-state index contributed by atoms with van der Waals surface area (Å²) in [4.78, 5) is 16.4. The number of hydrogen-bond donors (Lipinski definition) is 1. The fourth-order valence-corrected chi connectivity index (χ4v) is 3.74. The van der Waals surface area contributed by atoms with Crippen molar-refractivity contribution < 1.29 is 31.3 Å². The van der Waals surface area contributed by atoms with Crippen LogP contribution in [0.1, 0.15) is 44.0 Å². The van der Waals surface area contributed by atoms with Gasteiger partial charge < -0.3 is 4.74 Å². The monoisotopic (exact) mass is 480 g/mol. The van der Waals surface area contributed by atoms with Gasteiger partial charge in [-0.2, -0.15) is 13.2 Å². The molecular weight excluding hydrogens is 460 g/mol. The summed E-state index contributed by atoms with van der Waals surface area (Å²) in [7, 11) is -0.807. The first-order valence-corrected chi connectivity index (χ1v) is 10.5. The Kier molecular flexibility index (Phi) is 7.50. The number of aromatic nitrogens is 1. The lowest BCUT2D eigenvalue weighted by Gasteiger charge is -2.36. The van der Waals surface area contributed by atoms with Crippen molar-refractivity contribution in [2.24, 2.45) is 0 Å². The Morgan fingerprint density at radius 2 is 1.77 bits per heavy atom. The number of esters is 1. The lowest BCUT2D eigenvalue weighted by atomic mass is 9.83. The predicted octanol–water partition coefficient (Wildman–Crippen LogP) is 4.75. The Labute approximate surface area is 184 Å². The molecule has 1 heterocycles. The number of nitrogens with one attached hydrogen (secondary N) is 1. The summed E-state index contributed by atoms with van der Waals surface area (Å²) in [6, 6.07) is 4.62. The fraction of sp³-hybridized carbons (Fsp3) is 0.400. The summed E-state index contributed by atoms with van der Waals surface area (Å²) < 4.78 is 74.1. The number of carbonyl (C=O) groups is 1. The van der Waals surface area contributed by atoms with E-state index in [9.17, 15) is 26.6 Å². The fourth-order valence-electron chi connectivity index (χ4n) is 2.72. The molecule has 0 amide bonds. The molecule has 2 aromatic rings. The number of halogens is 5. The minimum atomic E-state index is -4.86. The normalized spacial score (nSPS) is 15.3. The van der Waals surface area contributed by atoms with Crippen molar-refractivity contribution in [3.8, 4) is 0 Å². The molecule has 0 saturated heterocycles. The van der Waals surface area contributed by atoms with E-state index in [2.05, 4.69) is 9.71 Å². The van der Waals surface area contributed by atoms with Crippen LogP contribution in [0.15, 0.2) is 36.5 Å². The molecule has 0 radical (unpaired) electrons. The van der Waals surface area contributed by atoms with Crippen molar-refractivity contribution in [1.82, 2.24) is 9.71 Å². The van der Waals surface area contributed by atoms with Gasteiger partial charge in [-0.15, -0.1) is 0 Å². The molecule has 0 fully saturated rings. The maximum Gasteiger partial charge on any atom is 0.416 e. The highest BCUT2D eigenvalue weighted by Gasteiger charge is 2.44. The summed E-state index contributed by atoms with van der Waals surface area (Å²) in [6.45, 7) is 4.88. The van der Waals surface area contributed by atoms with Crippen LogP contribution in [0.2, 0.25) is 5.02 Å². The molecule has 0 aliphatic heterocycles. The zero-order chi connectivity index (χ0) is 23.6. The maximum absolute atomic E-state index is 14.3. The Hall–Kier alpha value is -2.04. The van der Waals surface area contributed by atoms with Crippen LogP contribution in [0.3, 0.4) is 0 Å². The number of nitrogens with zero attached hydrogens (tertiary/aromatic N) is 1. The lowest BCUT2D eigenvalue weighted by molar-refractivity contribution is -0.141. The zero-order valence-electron chi connectivity index (χ0n) is 17.1. The highest BCUT2D eigenvalue weighted by Crippen LogP contribution is 2.38. The third-order valence-corrected chi connectivity index (χ3v) is 6.21.